The lowest BCUT2D eigenvalue weighted by Gasteiger charge is -2.03. The van der Waals surface area contributed by atoms with E-state index < -0.39 is 0 Å². The Balaban J connectivity index is 1.61. The Bertz CT molecular complexity index is 832. The third-order valence-electron chi connectivity index (χ3n) is 3.10. The number of benzene rings is 2. The molecule has 0 spiro atoms. The smallest absolute Gasteiger partial charge is 0.247 e. The highest BCUT2D eigenvalue weighted by atomic mass is 79.9. The first-order valence-electron chi connectivity index (χ1n) is 7.19. The van der Waals surface area contributed by atoms with E-state index in [1.165, 1.54) is 6.92 Å². The molecule has 0 saturated carbocycles. The van der Waals surface area contributed by atoms with Crippen molar-refractivity contribution in [1.29, 1.82) is 0 Å². The molecule has 3 aromatic rings. The summed E-state index contributed by atoms with van der Waals surface area (Å²) in [4.78, 5) is 12.1. The molecule has 122 valence electrons. The molecule has 2 aromatic carbocycles. The predicted molar refractivity (Wildman–Crippen MR) is 97.7 cm³/mol. The Morgan fingerprint density at radius 1 is 1.12 bits per heavy atom. The predicted octanol–water partition coefficient (Wildman–Crippen LogP) is 4.75. The Morgan fingerprint density at radius 3 is 2.50 bits per heavy atom. The van der Waals surface area contributed by atoms with E-state index in [-0.39, 0.29) is 5.91 Å². The second kappa shape index (κ2) is 7.63. The number of thioether (sulfide) groups is 1. The molecule has 0 aliphatic heterocycles. The van der Waals surface area contributed by atoms with Crippen LogP contribution >= 0.6 is 27.7 Å². The maximum absolute atomic E-state index is 11.0. The molecule has 1 aromatic heterocycles. The van der Waals surface area contributed by atoms with E-state index in [2.05, 4.69) is 31.4 Å². The SMILES string of the molecule is CC(=O)Nc1ccc(SCc2nnc(-c3ccc(Br)cc3)o2)cc1. The number of anilines is 1. The first-order valence-corrected chi connectivity index (χ1v) is 8.97. The fourth-order valence-electron chi connectivity index (χ4n) is 2.00. The number of nitrogens with one attached hydrogen (secondary N) is 1. The quantitative estimate of drug-likeness (QED) is 0.622. The van der Waals surface area contributed by atoms with E-state index in [0.29, 0.717) is 17.5 Å². The number of halogens is 1. The van der Waals surface area contributed by atoms with Crippen LogP contribution in [0.5, 0.6) is 0 Å². The Morgan fingerprint density at radius 2 is 1.83 bits per heavy atom. The molecule has 0 bridgehead atoms. The number of nitrogens with zero attached hydrogens (tertiary/aromatic N) is 2. The molecule has 7 heteroatoms. The maximum atomic E-state index is 11.0. The zero-order valence-electron chi connectivity index (χ0n) is 12.8. The van der Waals surface area contributed by atoms with E-state index in [0.717, 1.165) is 20.6 Å². The third-order valence-corrected chi connectivity index (χ3v) is 4.62. The molecule has 0 saturated heterocycles. The van der Waals surface area contributed by atoms with Crippen molar-refractivity contribution in [2.24, 2.45) is 0 Å². The van der Waals surface area contributed by atoms with Gasteiger partial charge in [-0.1, -0.05) is 15.9 Å². The maximum Gasteiger partial charge on any atom is 0.247 e. The van der Waals surface area contributed by atoms with Gasteiger partial charge in [0.2, 0.25) is 17.7 Å². The number of amides is 1. The van der Waals surface area contributed by atoms with E-state index in [1.54, 1.807) is 11.8 Å². The largest absolute Gasteiger partial charge is 0.420 e. The molecule has 0 atom stereocenters. The van der Waals surface area contributed by atoms with Gasteiger partial charge in [0.25, 0.3) is 0 Å². The van der Waals surface area contributed by atoms with Crippen molar-refractivity contribution in [3.8, 4) is 11.5 Å². The van der Waals surface area contributed by atoms with E-state index in [9.17, 15) is 4.79 Å². The molecule has 3 rings (SSSR count). The summed E-state index contributed by atoms with van der Waals surface area (Å²) in [6.45, 7) is 1.49. The summed E-state index contributed by atoms with van der Waals surface area (Å²) in [5.41, 5.74) is 1.67. The van der Waals surface area contributed by atoms with Crippen LogP contribution in [0.3, 0.4) is 0 Å². The van der Waals surface area contributed by atoms with Crippen molar-refractivity contribution in [1.82, 2.24) is 10.2 Å². The van der Waals surface area contributed by atoms with Crippen molar-refractivity contribution < 1.29 is 9.21 Å². The Kier molecular flexibility index (Phi) is 5.32. The van der Waals surface area contributed by atoms with Crippen LogP contribution in [0.2, 0.25) is 0 Å². The lowest BCUT2D eigenvalue weighted by Crippen LogP contribution is -2.05. The van der Waals surface area contributed by atoms with Gasteiger partial charge in [-0.05, 0) is 48.5 Å². The van der Waals surface area contributed by atoms with Crippen LogP contribution in [0, 0.1) is 0 Å². The minimum Gasteiger partial charge on any atom is -0.420 e. The lowest BCUT2D eigenvalue weighted by molar-refractivity contribution is -0.114. The summed E-state index contributed by atoms with van der Waals surface area (Å²) in [5, 5.41) is 10.9. The van der Waals surface area contributed by atoms with Gasteiger partial charge in [0.05, 0.1) is 5.75 Å². The average Bonchev–Trinajstić information content (AvgIpc) is 3.03. The molecule has 5 nitrogen and oxygen atoms in total. The standard InChI is InChI=1S/C17H14BrN3O2S/c1-11(22)19-14-6-8-15(9-7-14)24-10-16-20-21-17(23-16)12-2-4-13(18)5-3-12/h2-9H,10H2,1H3,(H,19,22). The fourth-order valence-corrected chi connectivity index (χ4v) is 3.00. The van der Waals surface area contributed by atoms with Crippen LogP contribution < -0.4 is 5.32 Å². The number of hydrogen-bond acceptors (Lipinski definition) is 5. The summed E-state index contributed by atoms with van der Waals surface area (Å²) < 4.78 is 6.70. The number of rotatable bonds is 5. The molecule has 0 unspecified atom stereocenters. The fraction of sp³-hybridized carbons (Fsp3) is 0.118. The first-order chi connectivity index (χ1) is 11.6. The van der Waals surface area contributed by atoms with E-state index >= 15 is 0 Å². The molecule has 1 N–H and O–H groups in total. The minimum absolute atomic E-state index is 0.0817. The van der Waals surface area contributed by atoms with Crippen LogP contribution in [0.1, 0.15) is 12.8 Å². The molecular formula is C17H14BrN3O2S. The van der Waals surface area contributed by atoms with Gasteiger partial charge in [0, 0.05) is 27.5 Å². The van der Waals surface area contributed by atoms with Crippen molar-refractivity contribution >= 4 is 39.3 Å². The number of carbonyl (C=O) groups excluding carboxylic acids is 1. The summed E-state index contributed by atoms with van der Waals surface area (Å²) in [5.74, 6) is 1.59. The first kappa shape index (κ1) is 16.7. The molecule has 1 amide bonds. The molecule has 0 aliphatic carbocycles. The van der Waals surface area contributed by atoms with Gasteiger partial charge in [0.15, 0.2) is 0 Å². The number of carbonyl (C=O) groups is 1. The highest BCUT2D eigenvalue weighted by Crippen LogP contribution is 2.26. The highest BCUT2D eigenvalue weighted by molar-refractivity contribution is 9.10. The summed E-state index contributed by atoms with van der Waals surface area (Å²) in [7, 11) is 0. The van der Waals surface area contributed by atoms with Crippen molar-refractivity contribution in [2.45, 2.75) is 17.6 Å². The average molecular weight is 404 g/mol. The Hall–Kier alpha value is -2.12. The normalized spacial score (nSPS) is 10.6. The molecule has 1 heterocycles. The second-order valence-electron chi connectivity index (χ2n) is 5.00. The van der Waals surface area contributed by atoms with Crippen molar-refractivity contribution in [3.05, 3.63) is 58.9 Å². The molecule has 24 heavy (non-hydrogen) atoms. The Labute approximate surface area is 152 Å². The lowest BCUT2D eigenvalue weighted by atomic mass is 10.2. The van der Waals surface area contributed by atoms with Crippen molar-refractivity contribution in [2.75, 3.05) is 5.32 Å². The van der Waals surface area contributed by atoms with Gasteiger partial charge in [-0.2, -0.15) is 0 Å². The van der Waals surface area contributed by atoms with Gasteiger partial charge in [-0.25, -0.2) is 0 Å². The van der Waals surface area contributed by atoms with Crippen LogP contribution in [-0.4, -0.2) is 16.1 Å². The molecule has 0 radical (unpaired) electrons. The zero-order chi connectivity index (χ0) is 16.9. The number of hydrogen-bond donors (Lipinski definition) is 1. The van der Waals surface area contributed by atoms with Crippen LogP contribution in [0.4, 0.5) is 5.69 Å². The van der Waals surface area contributed by atoms with Crippen LogP contribution in [0.25, 0.3) is 11.5 Å². The van der Waals surface area contributed by atoms with E-state index in [4.69, 9.17) is 4.42 Å². The third kappa shape index (κ3) is 4.46. The highest BCUT2D eigenvalue weighted by Gasteiger charge is 2.09. The topological polar surface area (TPSA) is 68.0 Å². The van der Waals surface area contributed by atoms with Crippen LogP contribution in [0.15, 0.2) is 62.3 Å². The van der Waals surface area contributed by atoms with Gasteiger partial charge in [0.1, 0.15) is 0 Å². The van der Waals surface area contributed by atoms with Gasteiger partial charge in [-0.15, -0.1) is 22.0 Å². The monoisotopic (exact) mass is 403 g/mol. The van der Waals surface area contributed by atoms with Gasteiger partial charge in [-0.3, -0.25) is 4.79 Å². The summed E-state index contributed by atoms with van der Waals surface area (Å²) in [6.07, 6.45) is 0. The molecule has 0 aliphatic rings. The summed E-state index contributed by atoms with van der Waals surface area (Å²) >= 11 is 4.99. The van der Waals surface area contributed by atoms with E-state index in [1.807, 2.05) is 48.5 Å². The van der Waals surface area contributed by atoms with Crippen molar-refractivity contribution in [3.63, 3.8) is 0 Å². The minimum atomic E-state index is -0.0817. The second-order valence-corrected chi connectivity index (χ2v) is 6.97. The summed E-state index contributed by atoms with van der Waals surface area (Å²) in [6, 6.07) is 15.3. The molecule has 0 fully saturated rings. The van der Waals surface area contributed by atoms with Crippen LogP contribution in [-0.2, 0) is 10.5 Å². The van der Waals surface area contributed by atoms with Gasteiger partial charge < -0.3 is 9.73 Å². The van der Waals surface area contributed by atoms with Gasteiger partial charge >= 0.3 is 0 Å². The number of aromatic nitrogens is 2. The zero-order valence-corrected chi connectivity index (χ0v) is 15.2. The molecular weight excluding hydrogens is 390 g/mol.